The van der Waals surface area contributed by atoms with Crippen LogP contribution in [0.2, 0.25) is 0 Å². The van der Waals surface area contributed by atoms with Crippen LogP contribution < -0.4 is 10.2 Å². The van der Waals surface area contributed by atoms with Crippen molar-refractivity contribution in [2.24, 2.45) is 0 Å². The summed E-state index contributed by atoms with van der Waals surface area (Å²) in [6.45, 7) is 0.814. The highest BCUT2D eigenvalue weighted by molar-refractivity contribution is 7.89. The molecule has 0 spiro atoms. The molecule has 0 aliphatic carbocycles. The predicted molar refractivity (Wildman–Crippen MR) is 125 cm³/mol. The monoisotopic (exact) mass is 498 g/mol. The SMILES string of the molecule is COCCOc1ccc(S(=O)(=O)N2Cc3nccnc3CC2C(=O)NOCc2ccccc2)cc1. The standard InChI is InChI=1S/C24H26N4O6S/c1-32-13-14-33-19-7-9-20(10-8-19)35(30,31)28-16-22-21(25-11-12-26-22)15-23(28)24(29)27-34-17-18-5-3-2-4-6-18/h2-12,23H,13-17H2,1H3,(H,27,29). The molecule has 3 aromatic rings. The molecule has 4 rings (SSSR count). The average Bonchev–Trinajstić information content (AvgIpc) is 2.89. The molecule has 1 unspecified atom stereocenters. The van der Waals surface area contributed by atoms with Crippen LogP contribution in [0.3, 0.4) is 0 Å². The van der Waals surface area contributed by atoms with E-state index in [2.05, 4.69) is 15.4 Å². The van der Waals surface area contributed by atoms with Crippen molar-refractivity contribution in [1.29, 1.82) is 0 Å². The number of nitrogens with zero attached hydrogens (tertiary/aromatic N) is 3. The van der Waals surface area contributed by atoms with E-state index in [4.69, 9.17) is 14.3 Å². The number of hydrogen-bond acceptors (Lipinski definition) is 8. The molecule has 184 valence electrons. The molecule has 0 bridgehead atoms. The van der Waals surface area contributed by atoms with Crippen molar-refractivity contribution >= 4 is 15.9 Å². The van der Waals surface area contributed by atoms with Gasteiger partial charge in [-0.25, -0.2) is 13.9 Å². The van der Waals surface area contributed by atoms with Gasteiger partial charge in [-0.1, -0.05) is 30.3 Å². The summed E-state index contributed by atoms with van der Waals surface area (Å²) in [5.41, 5.74) is 4.34. The van der Waals surface area contributed by atoms with Crippen LogP contribution in [-0.2, 0) is 44.0 Å². The molecular formula is C24H26N4O6S. The van der Waals surface area contributed by atoms with Crippen LogP contribution in [0.5, 0.6) is 5.75 Å². The molecule has 1 aromatic heterocycles. The van der Waals surface area contributed by atoms with Gasteiger partial charge >= 0.3 is 0 Å². The molecule has 1 atom stereocenters. The summed E-state index contributed by atoms with van der Waals surface area (Å²) in [6.07, 6.45) is 3.09. The number of hydrogen-bond donors (Lipinski definition) is 1. The lowest BCUT2D eigenvalue weighted by atomic mass is 10.0. The molecule has 2 aromatic carbocycles. The molecule has 1 aliphatic rings. The third kappa shape index (κ3) is 6.01. The highest BCUT2D eigenvalue weighted by Crippen LogP contribution is 2.28. The molecule has 0 saturated heterocycles. The number of sulfonamides is 1. The van der Waals surface area contributed by atoms with Gasteiger partial charge in [-0.2, -0.15) is 4.31 Å². The largest absolute Gasteiger partial charge is 0.491 e. The van der Waals surface area contributed by atoms with Crippen molar-refractivity contribution in [3.05, 3.63) is 83.9 Å². The minimum Gasteiger partial charge on any atom is -0.491 e. The number of ether oxygens (including phenoxy) is 2. The highest BCUT2D eigenvalue weighted by atomic mass is 32.2. The van der Waals surface area contributed by atoms with Gasteiger partial charge in [0.25, 0.3) is 5.91 Å². The lowest BCUT2D eigenvalue weighted by molar-refractivity contribution is -0.139. The van der Waals surface area contributed by atoms with Gasteiger partial charge in [0, 0.05) is 25.9 Å². The third-order valence-corrected chi connectivity index (χ3v) is 7.31. The fraction of sp³-hybridized carbons (Fsp3) is 0.292. The quantitative estimate of drug-likeness (QED) is 0.332. The molecule has 35 heavy (non-hydrogen) atoms. The van der Waals surface area contributed by atoms with Crippen LogP contribution in [0.4, 0.5) is 0 Å². The van der Waals surface area contributed by atoms with Gasteiger partial charge < -0.3 is 9.47 Å². The van der Waals surface area contributed by atoms with Crippen LogP contribution in [0.25, 0.3) is 0 Å². The molecule has 10 nitrogen and oxygen atoms in total. The molecule has 0 radical (unpaired) electrons. The Hall–Kier alpha value is -3.38. The summed E-state index contributed by atoms with van der Waals surface area (Å²) in [7, 11) is -2.48. The Kier molecular flexibility index (Phi) is 8.03. The predicted octanol–water partition coefficient (Wildman–Crippen LogP) is 1.87. The molecular weight excluding hydrogens is 472 g/mol. The van der Waals surface area contributed by atoms with Crippen LogP contribution in [-0.4, -0.2) is 55.0 Å². The normalized spacial score (nSPS) is 15.9. The highest BCUT2D eigenvalue weighted by Gasteiger charge is 2.41. The zero-order chi connectivity index (χ0) is 24.7. The van der Waals surface area contributed by atoms with E-state index in [1.54, 1.807) is 19.2 Å². The lowest BCUT2D eigenvalue weighted by Crippen LogP contribution is -2.52. The molecule has 1 N–H and O–H groups in total. The first kappa shape index (κ1) is 24.7. The molecule has 1 aliphatic heterocycles. The number of carbonyl (C=O) groups excluding carboxylic acids is 1. The number of methoxy groups -OCH3 is 1. The summed E-state index contributed by atoms with van der Waals surface area (Å²) >= 11 is 0. The Bertz CT molecular complexity index is 1240. The van der Waals surface area contributed by atoms with Crippen molar-refractivity contribution in [1.82, 2.24) is 19.8 Å². The first-order valence-corrected chi connectivity index (χ1v) is 12.4. The van der Waals surface area contributed by atoms with E-state index in [1.807, 2.05) is 30.3 Å². The lowest BCUT2D eigenvalue weighted by Gasteiger charge is -2.33. The number of hydroxylamine groups is 1. The van der Waals surface area contributed by atoms with Gasteiger partial charge in [0.15, 0.2) is 0 Å². The fourth-order valence-corrected chi connectivity index (χ4v) is 5.18. The molecule has 11 heteroatoms. The minimum absolute atomic E-state index is 0.0342. The van der Waals surface area contributed by atoms with Gasteiger partial charge in [-0.15, -0.1) is 0 Å². The first-order chi connectivity index (χ1) is 17.0. The van der Waals surface area contributed by atoms with E-state index in [-0.39, 0.29) is 24.5 Å². The topological polar surface area (TPSA) is 120 Å². The van der Waals surface area contributed by atoms with Gasteiger partial charge in [0.05, 0.1) is 36.0 Å². The fourth-order valence-electron chi connectivity index (χ4n) is 3.64. The molecule has 2 heterocycles. The van der Waals surface area contributed by atoms with Gasteiger partial charge in [-0.3, -0.25) is 19.6 Å². The molecule has 1 amide bonds. The van der Waals surface area contributed by atoms with Gasteiger partial charge in [-0.05, 0) is 29.8 Å². The zero-order valence-corrected chi connectivity index (χ0v) is 20.0. The number of amides is 1. The minimum atomic E-state index is -4.05. The number of carbonyl (C=O) groups is 1. The number of nitrogens with one attached hydrogen (secondary N) is 1. The van der Waals surface area contributed by atoms with E-state index in [0.717, 1.165) is 9.87 Å². The van der Waals surface area contributed by atoms with Crippen LogP contribution >= 0.6 is 0 Å². The average molecular weight is 499 g/mol. The summed E-state index contributed by atoms with van der Waals surface area (Å²) in [5.74, 6) is -0.0696. The van der Waals surface area contributed by atoms with Crippen molar-refractivity contribution in [3.8, 4) is 5.75 Å². The van der Waals surface area contributed by atoms with E-state index < -0.39 is 22.0 Å². The Morgan fingerprint density at radius 2 is 1.74 bits per heavy atom. The first-order valence-electron chi connectivity index (χ1n) is 11.0. The third-order valence-electron chi connectivity index (χ3n) is 5.44. The second-order valence-electron chi connectivity index (χ2n) is 7.77. The Morgan fingerprint density at radius 3 is 2.46 bits per heavy atom. The summed E-state index contributed by atoms with van der Waals surface area (Å²) in [5, 5.41) is 0. The van der Waals surface area contributed by atoms with E-state index in [9.17, 15) is 13.2 Å². The molecule has 0 saturated carbocycles. The Balaban J connectivity index is 1.53. The van der Waals surface area contributed by atoms with Crippen molar-refractivity contribution in [3.63, 3.8) is 0 Å². The van der Waals surface area contributed by atoms with E-state index in [0.29, 0.717) is 30.4 Å². The number of aromatic nitrogens is 2. The van der Waals surface area contributed by atoms with Crippen LogP contribution in [0, 0.1) is 0 Å². The second-order valence-corrected chi connectivity index (χ2v) is 9.66. The van der Waals surface area contributed by atoms with Crippen molar-refractivity contribution in [2.75, 3.05) is 20.3 Å². The number of benzene rings is 2. The maximum atomic E-state index is 13.6. The number of fused-ring (bicyclic) bond motifs is 1. The summed E-state index contributed by atoms with van der Waals surface area (Å²) in [6, 6.07) is 14.3. The van der Waals surface area contributed by atoms with Crippen molar-refractivity contribution in [2.45, 2.75) is 30.5 Å². The smallest absolute Gasteiger partial charge is 0.262 e. The maximum absolute atomic E-state index is 13.6. The zero-order valence-electron chi connectivity index (χ0n) is 19.2. The second kappa shape index (κ2) is 11.4. The summed E-state index contributed by atoms with van der Waals surface area (Å²) < 4.78 is 38.7. The van der Waals surface area contributed by atoms with Gasteiger partial charge in [0.2, 0.25) is 10.0 Å². The Labute approximate surface area is 203 Å². The van der Waals surface area contributed by atoms with E-state index in [1.165, 1.54) is 24.5 Å². The van der Waals surface area contributed by atoms with Crippen LogP contribution in [0.1, 0.15) is 17.0 Å². The summed E-state index contributed by atoms with van der Waals surface area (Å²) in [4.78, 5) is 27.0. The molecule has 0 fully saturated rings. The Morgan fingerprint density at radius 1 is 1.03 bits per heavy atom. The van der Waals surface area contributed by atoms with Crippen molar-refractivity contribution < 1.29 is 27.5 Å². The van der Waals surface area contributed by atoms with E-state index >= 15 is 0 Å². The maximum Gasteiger partial charge on any atom is 0.262 e. The van der Waals surface area contributed by atoms with Crippen LogP contribution in [0.15, 0.2) is 71.9 Å². The number of rotatable bonds is 10. The van der Waals surface area contributed by atoms with Gasteiger partial charge in [0.1, 0.15) is 18.4 Å².